The summed E-state index contributed by atoms with van der Waals surface area (Å²) in [6.07, 6.45) is 4.71. The number of nitrogens with zero attached hydrogens (tertiary/aromatic N) is 1. The van der Waals surface area contributed by atoms with Crippen LogP contribution in [0.3, 0.4) is 0 Å². The van der Waals surface area contributed by atoms with E-state index < -0.39 is 0 Å². The van der Waals surface area contributed by atoms with Crippen molar-refractivity contribution in [3.8, 4) is 0 Å². The van der Waals surface area contributed by atoms with Gasteiger partial charge in [-0.2, -0.15) is 0 Å². The van der Waals surface area contributed by atoms with Gasteiger partial charge in [-0.3, -0.25) is 9.69 Å². The molecule has 1 unspecified atom stereocenters. The van der Waals surface area contributed by atoms with E-state index >= 15 is 0 Å². The summed E-state index contributed by atoms with van der Waals surface area (Å²) in [7, 11) is 0. The monoisotopic (exact) mass is 139 g/mol. The van der Waals surface area contributed by atoms with Crippen LogP contribution in [0.4, 0.5) is 0 Å². The largest absolute Gasteiger partial charge is 0.298 e. The first-order valence-corrected chi connectivity index (χ1v) is 4.12. The fourth-order valence-corrected chi connectivity index (χ4v) is 2.05. The van der Waals surface area contributed by atoms with Crippen molar-refractivity contribution in [3.63, 3.8) is 0 Å². The van der Waals surface area contributed by atoms with Crippen molar-refractivity contribution in [2.24, 2.45) is 0 Å². The minimum atomic E-state index is 0.451. The van der Waals surface area contributed by atoms with E-state index in [1.165, 1.54) is 19.3 Å². The van der Waals surface area contributed by atoms with Crippen LogP contribution in [0.15, 0.2) is 0 Å². The second kappa shape index (κ2) is 2.35. The number of fused-ring (bicyclic) bond motifs is 1. The van der Waals surface area contributed by atoms with Crippen molar-refractivity contribution in [2.75, 3.05) is 13.1 Å². The Morgan fingerprint density at radius 1 is 1.40 bits per heavy atom. The van der Waals surface area contributed by atoms with Gasteiger partial charge in [-0.05, 0) is 19.4 Å². The molecule has 2 nitrogen and oxygen atoms in total. The van der Waals surface area contributed by atoms with Crippen molar-refractivity contribution >= 4 is 5.78 Å². The van der Waals surface area contributed by atoms with Crippen molar-refractivity contribution in [1.29, 1.82) is 0 Å². The third-order valence-corrected chi connectivity index (χ3v) is 2.59. The zero-order chi connectivity index (χ0) is 6.97. The van der Waals surface area contributed by atoms with Gasteiger partial charge < -0.3 is 0 Å². The van der Waals surface area contributed by atoms with Gasteiger partial charge in [0.25, 0.3) is 0 Å². The molecular weight excluding hydrogens is 126 g/mol. The fraction of sp³-hybridized carbons (Fsp3) is 0.875. The SMILES string of the molecule is O=C1CC2CCCCN2C1. The maximum absolute atomic E-state index is 11.0. The standard InChI is InChI=1S/C8H13NO/c10-8-5-7-3-1-2-4-9(7)6-8/h7H,1-6H2. The average Bonchev–Trinajstić information content (AvgIpc) is 2.27. The second-order valence-electron chi connectivity index (χ2n) is 3.36. The first-order chi connectivity index (χ1) is 4.86. The van der Waals surface area contributed by atoms with E-state index in [1.807, 2.05) is 0 Å². The normalized spacial score (nSPS) is 34.4. The lowest BCUT2D eigenvalue weighted by Gasteiger charge is -2.27. The molecule has 2 aliphatic heterocycles. The van der Waals surface area contributed by atoms with Crippen molar-refractivity contribution in [2.45, 2.75) is 31.7 Å². The number of hydrogen-bond donors (Lipinski definition) is 0. The van der Waals surface area contributed by atoms with Crippen LogP contribution in [-0.4, -0.2) is 29.8 Å². The molecule has 0 saturated carbocycles. The molecule has 2 heteroatoms. The average molecular weight is 139 g/mol. The third-order valence-electron chi connectivity index (χ3n) is 2.59. The lowest BCUT2D eigenvalue weighted by atomic mass is 10.0. The molecule has 0 radical (unpaired) electrons. The zero-order valence-electron chi connectivity index (χ0n) is 6.18. The summed E-state index contributed by atoms with van der Waals surface area (Å²) in [6, 6.07) is 0.626. The van der Waals surface area contributed by atoms with Crippen molar-refractivity contribution in [1.82, 2.24) is 4.90 Å². The van der Waals surface area contributed by atoms with Gasteiger partial charge in [0.2, 0.25) is 0 Å². The molecule has 0 aromatic heterocycles. The van der Waals surface area contributed by atoms with Crippen LogP contribution in [0.5, 0.6) is 0 Å². The highest BCUT2D eigenvalue weighted by Crippen LogP contribution is 2.24. The number of carbonyl (C=O) groups excluding carboxylic acids is 1. The predicted molar refractivity (Wildman–Crippen MR) is 38.8 cm³/mol. The summed E-state index contributed by atoms with van der Waals surface area (Å²) >= 11 is 0. The number of carbonyl (C=O) groups is 1. The number of hydrogen-bond acceptors (Lipinski definition) is 2. The molecule has 0 spiro atoms. The highest BCUT2D eigenvalue weighted by molar-refractivity contribution is 5.83. The molecule has 0 aromatic rings. The van der Waals surface area contributed by atoms with E-state index in [4.69, 9.17) is 0 Å². The first kappa shape index (κ1) is 6.35. The molecule has 2 heterocycles. The summed E-state index contributed by atoms with van der Waals surface area (Å²) in [5.41, 5.74) is 0. The number of rotatable bonds is 0. The molecule has 2 rings (SSSR count). The Morgan fingerprint density at radius 2 is 2.30 bits per heavy atom. The van der Waals surface area contributed by atoms with E-state index in [1.54, 1.807) is 0 Å². The molecule has 2 aliphatic rings. The van der Waals surface area contributed by atoms with Crippen LogP contribution >= 0.6 is 0 Å². The summed E-state index contributed by atoms with van der Waals surface area (Å²) in [6.45, 7) is 1.90. The quantitative estimate of drug-likeness (QED) is 0.495. The Bertz CT molecular complexity index is 139. The number of piperidine rings is 1. The summed E-state index contributed by atoms with van der Waals surface area (Å²) in [5, 5.41) is 0. The number of ketones is 1. The Hall–Kier alpha value is -0.370. The molecule has 56 valence electrons. The summed E-state index contributed by atoms with van der Waals surface area (Å²) in [4.78, 5) is 13.3. The van der Waals surface area contributed by atoms with E-state index in [9.17, 15) is 4.79 Å². The zero-order valence-corrected chi connectivity index (χ0v) is 6.18. The molecule has 0 amide bonds. The van der Waals surface area contributed by atoms with Crippen LogP contribution in [-0.2, 0) is 4.79 Å². The molecule has 1 atom stereocenters. The van der Waals surface area contributed by atoms with E-state index in [-0.39, 0.29) is 0 Å². The van der Waals surface area contributed by atoms with E-state index in [0.717, 1.165) is 19.5 Å². The Balaban J connectivity index is 2.04. The molecule has 2 fully saturated rings. The van der Waals surface area contributed by atoms with E-state index in [0.29, 0.717) is 11.8 Å². The molecule has 0 N–H and O–H groups in total. The highest BCUT2D eigenvalue weighted by Gasteiger charge is 2.31. The van der Waals surface area contributed by atoms with E-state index in [2.05, 4.69) is 4.90 Å². The predicted octanol–water partition coefficient (Wildman–Crippen LogP) is 0.814. The van der Waals surface area contributed by atoms with Crippen molar-refractivity contribution in [3.05, 3.63) is 0 Å². The molecular formula is C8H13NO. The summed E-state index contributed by atoms with van der Waals surface area (Å²) < 4.78 is 0. The second-order valence-corrected chi connectivity index (χ2v) is 3.36. The van der Waals surface area contributed by atoms with Gasteiger partial charge in [-0.25, -0.2) is 0 Å². The van der Waals surface area contributed by atoms with Crippen LogP contribution in [0.1, 0.15) is 25.7 Å². The molecule has 0 aromatic carbocycles. The fourth-order valence-electron chi connectivity index (χ4n) is 2.05. The van der Waals surface area contributed by atoms with Gasteiger partial charge in [-0.15, -0.1) is 0 Å². The lowest BCUT2D eigenvalue weighted by molar-refractivity contribution is -0.116. The Labute approximate surface area is 61.2 Å². The van der Waals surface area contributed by atoms with Gasteiger partial charge >= 0.3 is 0 Å². The molecule has 2 saturated heterocycles. The van der Waals surface area contributed by atoms with Gasteiger partial charge in [0.1, 0.15) is 5.78 Å². The van der Waals surface area contributed by atoms with Gasteiger partial charge in [0, 0.05) is 12.5 Å². The first-order valence-electron chi connectivity index (χ1n) is 4.12. The third kappa shape index (κ3) is 0.966. The smallest absolute Gasteiger partial charge is 0.148 e. The molecule has 0 aliphatic carbocycles. The van der Waals surface area contributed by atoms with Crippen LogP contribution in [0, 0.1) is 0 Å². The Morgan fingerprint density at radius 3 is 3.10 bits per heavy atom. The van der Waals surface area contributed by atoms with Gasteiger partial charge in [-0.1, -0.05) is 6.42 Å². The van der Waals surface area contributed by atoms with Crippen LogP contribution in [0.25, 0.3) is 0 Å². The summed E-state index contributed by atoms with van der Waals surface area (Å²) in [5.74, 6) is 0.451. The van der Waals surface area contributed by atoms with Crippen LogP contribution in [0.2, 0.25) is 0 Å². The maximum atomic E-state index is 11.0. The number of Topliss-reactive ketones (excluding diaryl/α,β-unsaturated/α-hetero) is 1. The lowest BCUT2D eigenvalue weighted by Crippen LogP contribution is -2.34. The van der Waals surface area contributed by atoms with Crippen molar-refractivity contribution < 1.29 is 4.79 Å². The highest BCUT2D eigenvalue weighted by atomic mass is 16.1. The van der Waals surface area contributed by atoms with Crippen LogP contribution < -0.4 is 0 Å². The maximum Gasteiger partial charge on any atom is 0.148 e. The minimum Gasteiger partial charge on any atom is -0.298 e. The van der Waals surface area contributed by atoms with Gasteiger partial charge in [0.15, 0.2) is 0 Å². The minimum absolute atomic E-state index is 0.451. The Kier molecular flexibility index (Phi) is 1.49. The van der Waals surface area contributed by atoms with Gasteiger partial charge in [0.05, 0.1) is 6.54 Å². The topological polar surface area (TPSA) is 20.3 Å². The molecule has 10 heavy (non-hydrogen) atoms. The molecule has 0 bridgehead atoms.